The normalized spacial score (nSPS) is 12.2. The number of rotatable bonds is 59. The van der Waals surface area contributed by atoms with E-state index in [0.717, 1.165) is 70.6 Å². The number of carbonyl (C=O) groups is 3. The first-order valence-electron chi connectivity index (χ1n) is 32.0. The minimum absolute atomic E-state index is 0.0716. The van der Waals surface area contributed by atoms with Crippen molar-refractivity contribution in [2.75, 3.05) is 13.2 Å². The Bertz CT molecular complexity index is 1210. The summed E-state index contributed by atoms with van der Waals surface area (Å²) in [7, 11) is 0. The highest BCUT2D eigenvalue weighted by Gasteiger charge is 2.19. The molecule has 0 spiro atoms. The predicted molar refractivity (Wildman–Crippen MR) is 312 cm³/mol. The topological polar surface area (TPSA) is 78.9 Å². The van der Waals surface area contributed by atoms with Crippen LogP contribution in [0.5, 0.6) is 0 Å². The molecule has 0 N–H and O–H groups in total. The molecule has 0 aromatic heterocycles. The molecule has 422 valence electrons. The molecule has 0 bridgehead atoms. The summed E-state index contributed by atoms with van der Waals surface area (Å²) < 4.78 is 16.9. The SMILES string of the molecule is CCCCCCC/C=C\C/C=C\CCCCCCCCCCCCCC(=O)OCC(COC(=O)CCCCCCC/C=C\CCCCCCCC)OC(=O)CCCCCCCCCCCCCCCCCC. The van der Waals surface area contributed by atoms with Gasteiger partial charge in [0.15, 0.2) is 6.10 Å². The van der Waals surface area contributed by atoms with Crippen LogP contribution in [0, 0.1) is 0 Å². The van der Waals surface area contributed by atoms with Crippen molar-refractivity contribution in [1.82, 2.24) is 0 Å². The summed E-state index contributed by atoms with van der Waals surface area (Å²) in [6.45, 7) is 6.67. The Labute approximate surface area is 448 Å². The van der Waals surface area contributed by atoms with Gasteiger partial charge in [-0.2, -0.15) is 0 Å². The van der Waals surface area contributed by atoms with Crippen LogP contribution in [0.25, 0.3) is 0 Å². The molecule has 0 aliphatic rings. The fourth-order valence-corrected chi connectivity index (χ4v) is 9.53. The molecule has 1 unspecified atom stereocenters. The van der Waals surface area contributed by atoms with Gasteiger partial charge in [0.05, 0.1) is 0 Å². The molecular weight excluding hydrogens is 889 g/mol. The van der Waals surface area contributed by atoms with Crippen LogP contribution in [0.4, 0.5) is 0 Å². The highest BCUT2D eigenvalue weighted by Crippen LogP contribution is 2.17. The minimum Gasteiger partial charge on any atom is -0.462 e. The van der Waals surface area contributed by atoms with Crippen molar-refractivity contribution < 1.29 is 28.6 Å². The standard InChI is InChI=1S/C66H122O6/c1-4-7-10-13-16-19-22-25-28-30-31-32-33-34-35-36-39-41-44-47-50-53-56-59-65(68)71-62-63(61-70-64(67)58-55-52-49-46-43-40-37-27-24-21-18-15-12-9-6-3)72-66(69)60-57-54-51-48-45-42-38-29-26-23-20-17-14-11-8-5-2/h22,25,27,30-31,37,63H,4-21,23-24,26,28-29,32-36,38-62H2,1-3H3/b25-22-,31-30-,37-27-. The van der Waals surface area contributed by atoms with Gasteiger partial charge in [0.25, 0.3) is 0 Å². The molecule has 0 aromatic carbocycles. The van der Waals surface area contributed by atoms with Crippen molar-refractivity contribution in [3.8, 4) is 0 Å². The Morgan fingerprint density at radius 3 is 0.778 bits per heavy atom. The Balaban J connectivity index is 4.30. The molecule has 0 saturated heterocycles. The van der Waals surface area contributed by atoms with Gasteiger partial charge in [-0.1, -0.05) is 288 Å². The summed E-state index contributed by atoms with van der Waals surface area (Å²) in [6.07, 6.45) is 74.3. The Hall–Kier alpha value is -2.37. The van der Waals surface area contributed by atoms with E-state index >= 15 is 0 Å². The molecule has 1 atom stereocenters. The highest BCUT2D eigenvalue weighted by atomic mass is 16.6. The molecule has 0 saturated carbocycles. The summed E-state index contributed by atoms with van der Waals surface area (Å²) in [5.74, 6) is -0.858. The molecule has 0 aliphatic heterocycles. The number of hydrogen-bond acceptors (Lipinski definition) is 6. The first kappa shape index (κ1) is 69.6. The van der Waals surface area contributed by atoms with Crippen molar-refractivity contribution in [3.63, 3.8) is 0 Å². The molecule has 6 heteroatoms. The molecular formula is C66H122O6. The summed E-state index contributed by atoms with van der Waals surface area (Å²) >= 11 is 0. The minimum atomic E-state index is -0.774. The number of ether oxygens (including phenoxy) is 3. The Morgan fingerprint density at radius 2 is 0.500 bits per heavy atom. The van der Waals surface area contributed by atoms with E-state index in [0.29, 0.717) is 19.3 Å². The van der Waals surface area contributed by atoms with E-state index < -0.39 is 6.10 Å². The van der Waals surface area contributed by atoms with Crippen LogP contribution in [-0.4, -0.2) is 37.2 Å². The lowest BCUT2D eigenvalue weighted by molar-refractivity contribution is -0.167. The van der Waals surface area contributed by atoms with Gasteiger partial charge in [0.2, 0.25) is 0 Å². The van der Waals surface area contributed by atoms with E-state index in [1.807, 2.05) is 0 Å². The average Bonchev–Trinajstić information content (AvgIpc) is 3.38. The highest BCUT2D eigenvalue weighted by molar-refractivity contribution is 5.71. The number of allylic oxidation sites excluding steroid dienone is 6. The maximum Gasteiger partial charge on any atom is 0.306 e. The zero-order chi connectivity index (χ0) is 52.2. The second kappa shape index (κ2) is 61.2. The van der Waals surface area contributed by atoms with Crippen LogP contribution in [0.1, 0.15) is 348 Å². The largest absolute Gasteiger partial charge is 0.462 e. The molecule has 0 aromatic rings. The van der Waals surface area contributed by atoms with Gasteiger partial charge in [-0.05, 0) is 77.0 Å². The third-order valence-electron chi connectivity index (χ3n) is 14.4. The lowest BCUT2D eigenvalue weighted by Crippen LogP contribution is -2.30. The van der Waals surface area contributed by atoms with E-state index in [-0.39, 0.29) is 31.1 Å². The number of unbranched alkanes of at least 4 members (excludes halogenated alkanes) is 42. The van der Waals surface area contributed by atoms with Gasteiger partial charge < -0.3 is 14.2 Å². The average molecular weight is 1010 g/mol. The van der Waals surface area contributed by atoms with Crippen LogP contribution < -0.4 is 0 Å². The van der Waals surface area contributed by atoms with E-state index in [9.17, 15) is 14.4 Å². The lowest BCUT2D eigenvalue weighted by atomic mass is 10.0. The van der Waals surface area contributed by atoms with Gasteiger partial charge in [-0.3, -0.25) is 14.4 Å². The van der Waals surface area contributed by atoms with Gasteiger partial charge in [0, 0.05) is 19.3 Å². The van der Waals surface area contributed by atoms with Gasteiger partial charge in [-0.25, -0.2) is 0 Å². The van der Waals surface area contributed by atoms with Crippen molar-refractivity contribution in [3.05, 3.63) is 36.5 Å². The zero-order valence-corrected chi connectivity index (χ0v) is 48.5. The van der Waals surface area contributed by atoms with Gasteiger partial charge in [0.1, 0.15) is 13.2 Å². The third kappa shape index (κ3) is 58.5. The maximum atomic E-state index is 12.9. The zero-order valence-electron chi connectivity index (χ0n) is 48.5. The Morgan fingerprint density at radius 1 is 0.278 bits per heavy atom. The molecule has 6 nitrogen and oxygen atoms in total. The van der Waals surface area contributed by atoms with Crippen molar-refractivity contribution >= 4 is 17.9 Å². The van der Waals surface area contributed by atoms with Crippen molar-refractivity contribution in [1.29, 1.82) is 0 Å². The summed E-state index contributed by atoms with van der Waals surface area (Å²) in [5, 5.41) is 0. The fourth-order valence-electron chi connectivity index (χ4n) is 9.53. The van der Waals surface area contributed by atoms with E-state index in [1.165, 1.54) is 238 Å². The molecule has 72 heavy (non-hydrogen) atoms. The van der Waals surface area contributed by atoms with Gasteiger partial charge >= 0.3 is 17.9 Å². The summed E-state index contributed by atoms with van der Waals surface area (Å²) in [6, 6.07) is 0. The van der Waals surface area contributed by atoms with Crippen LogP contribution in [0.3, 0.4) is 0 Å². The fraction of sp³-hybridized carbons (Fsp3) is 0.864. The van der Waals surface area contributed by atoms with Crippen LogP contribution in [0.2, 0.25) is 0 Å². The first-order valence-corrected chi connectivity index (χ1v) is 32.0. The first-order chi connectivity index (χ1) is 35.5. The van der Waals surface area contributed by atoms with E-state index in [4.69, 9.17) is 14.2 Å². The molecule has 0 amide bonds. The molecule has 0 radical (unpaired) electrons. The second-order valence-corrected chi connectivity index (χ2v) is 21.7. The molecule has 0 heterocycles. The molecule has 0 fully saturated rings. The number of esters is 3. The van der Waals surface area contributed by atoms with E-state index in [1.54, 1.807) is 0 Å². The van der Waals surface area contributed by atoms with Gasteiger partial charge in [-0.15, -0.1) is 0 Å². The van der Waals surface area contributed by atoms with Crippen LogP contribution in [-0.2, 0) is 28.6 Å². The summed E-state index contributed by atoms with van der Waals surface area (Å²) in [4.78, 5) is 38.3. The monoisotopic (exact) mass is 1010 g/mol. The maximum absolute atomic E-state index is 12.9. The third-order valence-corrected chi connectivity index (χ3v) is 14.4. The number of hydrogen-bond donors (Lipinski definition) is 0. The van der Waals surface area contributed by atoms with Crippen LogP contribution in [0.15, 0.2) is 36.5 Å². The molecule has 0 aliphatic carbocycles. The number of carbonyl (C=O) groups excluding carboxylic acids is 3. The van der Waals surface area contributed by atoms with Crippen molar-refractivity contribution in [2.45, 2.75) is 354 Å². The van der Waals surface area contributed by atoms with Crippen molar-refractivity contribution in [2.24, 2.45) is 0 Å². The second-order valence-electron chi connectivity index (χ2n) is 21.7. The predicted octanol–water partition coefficient (Wildman–Crippen LogP) is 21.6. The quantitative estimate of drug-likeness (QED) is 0.0261. The van der Waals surface area contributed by atoms with E-state index in [2.05, 4.69) is 57.2 Å². The van der Waals surface area contributed by atoms with Crippen LogP contribution >= 0.6 is 0 Å². The molecule has 0 rings (SSSR count). The Kier molecular flexibility index (Phi) is 59.2. The summed E-state index contributed by atoms with van der Waals surface area (Å²) in [5.41, 5.74) is 0. The lowest BCUT2D eigenvalue weighted by Gasteiger charge is -2.18. The smallest absolute Gasteiger partial charge is 0.306 e.